The van der Waals surface area contributed by atoms with E-state index in [2.05, 4.69) is 47.1 Å². The molecule has 0 saturated carbocycles. The van der Waals surface area contributed by atoms with Crippen LogP contribution in [0.25, 0.3) is 0 Å². The number of hydrogen-bond acceptors (Lipinski definition) is 3. The third-order valence-electron chi connectivity index (χ3n) is 9.23. The van der Waals surface area contributed by atoms with Crippen LogP contribution >= 0.6 is 8.81 Å². The van der Waals surface area contributed by atoms with Crippen molar-refractivity contribution in [3.05, 3.63) is 12.2 Å². The highest BCUT2D eigenvalue weighted by Gasteiger charge is 2.20. The molecular formula is C41H80NO3P. The maximum atomic E-state index is 13.2. The summed E-state index contributed by atoms with van der Waals surface area (Å²) in [6.45, 7) is 5.95. The van der Waals surface area contributed by atoms with Crippen LogP contribution in [0.5, 0.6) is 0 Å². The summed E-state index contributed by atoms with van der Waals surface area (Å²) in [6, 6.07) is 0. The predicted octanol–water partition coefficient (Wildman–Crippen LogP) is 13.2. The van der Waals surface area contributed by atoms with Crippen molar-refractivity contribution in [1.82, 2.24) is 0 Å². The van der Waals surface area contributed by atoms with Crippen LogP contribution in [0.3, 0.4) is 0 Å². The van der Waals surface area contributed by atoms with Crippen molar-refractivity contribution in [2.45, 2.75) is 200 Å². The van der Waals surface area contributed by atoms with E-state index in [-0.39, 0.29) is 11.3 Å². The smallest absolute Gasteiger partial charge is 0.140 e. The molecule has 1 unspecified atom stereocenters. The lowest BCUT2D eigenvalue weighted by molar-refractivity contribution is -0.870. The zero-order chi connectivity index (χ0) is 34.0. The standard InChI is InChI=1S/C41H80NO3P/c1-6-8-10-12-14-16-18-20-22-24-26-28-30-32-34-36-40(43)39(41(44)46-45-38-37-42(3,4)5)35-33-31-29-27-25-23-21-19-17-15-13-11-9-7-2/h21,23,39H,6-20,22,24-38H2,1-5H3. The topological polar surface area (TPSA) is 43.4 Å². The SMILES string of the molecule is CCCCCCCCC=CCCCCCCC(C(=O)CCCCCCCCCCCCCCCCC)C(=O)[P-]OCC[N+](C)(C)C. The van der Waals surface area contributed by atoms with Crippen LogP contribution < -0.4 is 0 Å². The van der Waals surface area contributed by atoms with E-state index in [4.69, 9.17) is 4.52 Å². The Morgan fingerprint density at radius 2 is 0.957 bits per heavy atom. The molecule has 0 fully saturated rings. The number of likely N-dealkylation sites (N-methyl/N-ethyl adjacent to an activating group) is 1. The number of Topliss-reactive ketones (excluding diaryl/α,β-unsaturated/α-hetero) is 1. The number of hydrogen-bond donors (Lipinski definition) is 0. The van der Waals surface area contributed by atoms with Gasteiger partial charge < -0.3 is 22.6 Å². The molecule has 0 spiro atoms. The van der Waals surface area contributed by atoms with Gasteiger partial charge in [0.15, 0.2) is 0 Å². The average Bonchev–Trinajstić information content (AvgIpc) is 3.02. The van der Waals surface area contributed by atoms with Crippen molar-refractivity contribution >= 4 is 20.1 Å². The maximum Gasteiger partial charge on any atom is 0.140 e. The zero-order valence-corrected chi connectivity index (χ0v) is 32.7. The molecule has 0 amide bonds. The van der Waals surface area contributed by atoms with E-state index in [1.165, 1.54) is 141 Å². The minimum absolute atomic E-state index is 0.0232. The Labute approximate surface area is 290 Å². The van der Waals surface area contributed by atoms with Gasteiger partial charge in [0.05, 0.1) is 34.3 Å². The number of unbranched alkanes of at least 4 members (excludes halogenated alkanes) is 24. The molecule has 0 N–H and O–H groups in total. The number of carbonyl (C=O) groups excluding carboxylic acids is 2. The van der Waals surface area contributed by atoms with E-state index in [9.17, 15) is 9.59 Å². The number of carbonyl (C=O) groups is 2. The number of rotatable bonds is 37. The summed E-state index contributed by atoms with van der Waals surface area (Å²) in [5.74, 6) is -0.324. The summed E-state index contributed by atoms with van der Waals surface area (Å²) in [5.41, 5.74) is -0.0232. The average molecular weight is 666 g/mol. The van der Waals surface area contributed by atoms with Gasteiger partial charge in [0.25, 0.3) is 0 Å². The van der Waals surface area contributed by atoms with E-state index < -0.39 is 5.92 Å². The van der Waals surface area contributed by atoms with Crippen molar-refractivity contribution < 1.29 is 18.6 Å². The number of allylic oxidation sites excluding steroid dienone is 2. The molecule has 0 radical (unpaired) electrons. The van der Waals surface area contributed by atoms with Gasteiger partial charge in [-0.15, -0.1) is 0 Å². The van der Waals surface area contributed by atoms with Crippen molar-refractivity contribution in [1.29, 1.82) is 0 Å². The molecule has 0 saturated heterocycles. The van der Waals surface area contributed by atoms with Gasteiger partial charge in [-0.2, -0.15) is 0 Å². The van der Waals surface area contributed by atoms with Crippen molar-refractivity contribution in [3.63, 3.8) is 0 Å². The summed E-state index contributed by atoms with van der Waals surface area (Å²) in [6.07, 6.45) is 40.7. The van der Waals surface area contributed by atoms with E-state index in [0.717, 1.165) is 43.1 Å². The normalized spacial score (nSPS) is 13.0. The Hall–Kier alpha value is -0.570. The third kappa shape index (κ3) is 33.3. The second kappa shape index (κ2) is 34.3. The molecule has 0 aromatic heterocycles. The summed E-state index contributed by atoms with van der Waals surface area (Å²) in [4.78, 5) is 26.2. The molecule has 0 bridgehead atoms. The first-order chi connectivity index (χ1) is 22.3. The van der Waals surface area contributed by atoms with Crippen LogP contribution in [0.4, 0.5) is 0 Å². The lowest BCUT2D eigenvalue weighted by Gasteiger charge is -2.28. The first kappa shape index (κ1) is 45.4. The van der Waals surface area contributed by atoms with Crippen LogP contribution in [0.1, 0.15) is 200 Å². The molecule has 46 heavy (non-hydrogen) atoms. The molecule has 0 aromatic carbocycles. The van der Waals surface area contributed by atoms with Gasteiger partial charge in [0, 0.05) is 17.9 Å². The fraction of sp³-hybridized carbons (Fsp3) is 0.902. The highest BCUT2D eigenvalue weighted by Crippen LogP contribution is 2.26. The summed E-state index contributed by atoms with van der Waals surface area (Å²) >= 11 is 0. The quantitative estimate of drug-likeness (QED) is 0.0218. The molecule has 5 heteroatoms. The van der Waals surface area contributed by atoms with E-state index in [0.29, 0.717) is 28.3 Å². The molecule has 0 heterocycles. The fourth-order valence-corrected chi connectivity index (χ4v) is 6.70. The van der Waals surface area contributed by atoms with E-state index in [1.807, 2.05) is 0 Å². The first-order valence-corrected chi connectivity index (χ1v) is 21.0. The lowest BCUT2D eigenvalue weighted by atomic mass is 9.94. The molecule has 272 valence electrons. The molecule has 0 aliphatic heterocycles. The number of ketones is 1. The van der Waals surface area contributed by atoms with Gasteiger partial charge in [-0.3, -0.25) is 4.79 Å². The Kier molecular flexibility index (Phi) is 33.9. The monoisotopic (exact) mass is 666 g/mol. The number of nitrogens with zero attached hydrogens (tertiary/aromatic N) is 1. The highest BCUT2D eigenvalue weighted by atomic mass is 31.1. The van der Waals surface area contributed by atoms with Crippen molar-refractivity contribution in [2.24, 2.45) is 5.92 Å². The van der Waals surface area contributed by atoms with Gasteiger partial charge >= 0.3 is 0 Å². The summed E-state index contributed by atoms with van der Waals surface area (Å²) in [7, 11) is 6.73. The molecule has 0 aromatic rings. The fourth-order valence-electron chi connectivity index (χ4n) is 6.00. The van der Waals surface area contributed by atoms with Crippen LogP contribution in [0.15, 0.2) is 12.2 Å². The predicted molar refractivity (Wildman–Crippen MR) is 204 cm³/mol. The lowest BCUT2D eigenvalue weighted by Crippen LogP contribution is -2.37. The second-order valence-electron chi connectivity index (χ2n) is 15.0. The Morgan fingerprint density at radius 3 is 1.39 bits per heavy atom. The molecule has 0 aliphatic carbocycles. The zero-order valence-electron chi connectivity index (χ0n) is 31.8. The third-order valence-corrected chi connectivity index (χ3v) is 10.0. The van der Waals surface area contributed by atoms with Gasteiger partial charge in [-0.05, 0) is 38.5 Å². The molecule has 4 nitrogen and oxygen atoms in total. The summed E-state index contributed by atoms with van der Waals surface area (Å²) < 4.78 is 6.51. The van der Waals surface area contributed by atoms with Gasteiger partial charge in [-0.1, -0.05) is 167 Å². The van der Waals surface area contributed by atoms with Gasteiger partial charge in [0.1, 0.15) is 5.78 Å². The first-order valence-electron chi connectivity index (χ1n) is 20.2. The van der Waals surface area contributed by atoms with Crippen molar-refractivity contribution in [3.8, 4) is 0 Å². The molecular weight excluding hydrogens is 585 g/mol. The largest absolute Gasteiger partial charge is 0.546 e. The van der Waals surface area contributed by atoms with Gasteiger partial charge in [-0.25, -0.2) is 0 Å². The molecule has 0 aliphatic rings. The van der Waals surface area contributed by atoms with Crippen LogP contribution in [0.2, 0.25) is 0 Å². The minimum Gasteiger partial charge on any atom is -0.546 e. The Bertz CT molecular complexity index is 702. The molecule has 0 rings (SSSR count). The minimum atomic E-state index is -0.477. The van der Waals surface area contributed by atoms with Crippen LogP contribution in [-0.2, 0) is 14.1 Å². The highest BCUT2D eigenvalue weighted by molar-refractivity contribution is 7.53. The maximum absolute atomic E-state index is 13.2. The van der Waals surface area contributed by atoms with Gasteiger partial charge in [0.2, 0.25) is 0 Å². The second-order valence-corrected chi connectivity index (χ2v) is 15.9. The Morgan fingerprint density at radius 1 is 0.565 bits per heavy atom. The van der Waals surface area contributed by atoms with Crippen LogP contribution in [0, 0.1) is 5.92 Å². The van der Waals surface area contributed by atoms with E-state index in [1.54, 1.807) is 0 Å². The Balaban J connectivity index is 4.17. The number of quaternary nitrogens is 1. The van der Waals surface area contributed by atoms with E-state index >= 15 is 0 Å². The van der Waals surface area contributed by atoms with Crippen molar-refractivity contribution in [2.75, 3.05) is 34.3 Å². The summed E-state index contributed by atoms with van der Waals surface area (Å²) in [5, 5.41) is 0. The molecule has 1 atom stereocenters. The van der Waals surface area contributed by atoms with Crippen LogP contribution in [-0.4, -0.2) is 50.1 Å².